The number of nitrogens with zero attached hydrogens (tertiary/aromatic N) is 1. The summed E-state index contributed by atoms with van der Waals surface area (Å²) >= 11 is 1.36. The molecule has 3 aromatic rings. The molecule has 152 valence electrons. The van der Waals surface area contributed by atoms with Gasteiger partial charge in [-0.2, -0.15) is 13.2 Å². The smallest absolute Gasteiger partial charge is 0.350 e. The SMILES string of the molecule is CCC(C)Sc1ccc(NC(=O)c2cc(-c3ccccc3)no2)c(C(F)(F)F)c1. The molecule has 0 aliphatic heterocycles. The molecular weight excluding hydrogens is 401 g/mol. The summed E-state index contributed by atoms with van der Waals surface area (Å²) in [6, 6.07) is 14.3. The lowest BCUT2D eigenvalue weighted by molar-refractivity contribution is -0.137. The van der Waals surface area contributed by atoms with Crippen molar-refractivity contribution in [2.24, 2.45) is 0 Å². The van der Waals surface area contributed by atoms with Gasteiger partial charge in [0.2, 0.25) is 5.76 Å². The average molecular weight is 420 g/mol. The van der Waals surface area contributed by atoms with Gasteiger partial charge in [-0.05, 0) is 24.6 Å². The van der Waals surface area contributed by atoms with E-state index in [4.69, 9.17) is 4.52 Å². The molecule has 0 spiro atoms. The zero-order valence-electron chi connectivity index (χ0n) is 15.8. The Labute approximate surface area is 170 Å². The molecule has 1 N–H and O–H groups in total. The molecule has 0 aliphatic rings. The summed E-state index contributed by atoms with van der Waals surface area (Å²) in [4.78, 5) is 12.9. The molecule has 1 aromatic heterocycles. The first-order valence-corrected chi connectivity index (χ1v) is 9.87. The Kier molecular flexibility index (Phi) is 6.32. The van der Waals surface area contributed by atoms with Crippen LogP contribution in [0.2, 0.25) is 0 Å². The number of nitrogens with one attached hydrogen (secondary N) is 1. The zero-order valence-corrected chi connectivity index (χ0v) is 16.6. The fourth-order valence-electron chi connectivity index (χ4n) is 2.57. The van der Waals surface area contributed by atoms with Gasteiger partial charge in [0.1, 0.15) is 5.69 Å². The minimum absolute atomic E-state index is 0.171. The van der Waals surface area contributed by atoms with Gasteiger partial charge in [-0.15, -0.1) is 11.8 Å². The van der Waals surface area contributed by atoms with Crippen LogP contribution in [0, 0.1) is 0 Å². The fraction of sp³-hybridized carbons (Fsp3) is 0.238. The molecule has 1 atom stereocenters. The number of halogens is 3. The summed E-state index contributed by atoms with van der Waals surface area (Å²) in [6.45, 7) is 3.92. The van der Waals surface area contributed by atoms with Crippen molar-refractivity contribution in [1.82, 2.24) is 5.16 Å². The van der Waals surface area contributed by atoms with E-state index in [9.17, 15) is 18.0 Å². The van der Waals surface area contributed by atoms with Crippen LogP contribution in [0.25, 0.3) is 11.3 Å². The minimum atomic E-state index is -4.61. The van der Waals surface area contributed by atoms with Crippen LogP contribution in [0.4, 0.5) is 18.9 Å². The van der Waals surface area contributed by atoms with Crippen LogP contribution in [0.1, 0.15) is 36.4 Å². The van der Waals surface area contributed by atoms with E-state index >= 15 is 0 Å². The first-order valence-electron chi connectivity index (χ1n) is 8.99. The molecule has 1 heterocycles. The molecule has 1 unspecified atom stereocenters. The standard InChI is InChI=1S/C21H19F3N2O2S/c1-3-13(2)29-15-9-10-17(16(11-15)21(22,23)24)25-20(27)19-12-18(26-28-19)14-7-5-4-6-8-14/h4-13H,3H2,1-2H3,(H,25,27). The van der Waals surface area contributed by atoms with Crippen molar-refractivity contribution in [1.29, 1.82) is 0 Å². The number of aromatic nitrogens is 1. The third-order valence-corrected chi connectivity index (χ3v) is 5.52. The first-order chi connectivity index (χ1) is 13.8. The number of benzene rings is 2. The van der Waals surface area contributed by atoms with Crippen molar-refractivity contribution >= 4 is 23.4 Å². The van der Waals surface area contributed by atoms with Gasteiger partial charge in [0, 0.05) is 21.8 Å². The van der Waals surface area contributed by atoms with E-state index in [1.807, 2.05) is 19.9 Å². The number of amides is 1. The van der Waals surface area contributed by atoms with Crippen LogP contribution in [0.15, 0.2) is 64.0 Å². The maximum absolute atomic E-state index is 13.5. The van der Waals surface area contributed by atoms with E-state index in [1.54, 1.807) is 30.3 Å². The lowest BCUT2D eigenvalue weighted by Crippen LogP contribution is -2.16. The van der Waals surface area contributed by atoms with Gasteiger partial charge in [-0.3, -0.25) is 4.79 Å². The number of carbonyl (C=O) groups excluding carboxylic acids is 1. The van der Waals surface area contributed by atoms with E-state index in [2.05, 4.69) is 10.5 Å². The van der Waals surface area contributed by atoms with Crippen molar-refractivity contribution in [2.45, 2.75) is 36.6 Å². The summed E-state index contributed by atoms with van der Waals surface area (Å²) in [6.07, 6.45) is -3.77. The number of hydrogen-bond acceptors (Lipinski definition) is 4. The molecule has 1 amide bonds. The third kappa shape index (κ3) is 5.20. The maximum atomic E-state index is 13.5. The lowest BCUT2D eigenvalue weighted by atomic mass is 10.1. The number of hydrogen-bond donors (Lipinski definition) is 1. The predicted molar refractivity (Wildman–Crippen MR) is 107 cm³/mol. The van der Waals surface area contributed by atoms with Crippen LogP contribution in [0.5, 0.6) is 0 Å². The van der Waals surface area contributed by atoms with E-state index in [0.717, 1.165) is 18.1 Å². The number of thioether (sulfide) groups is 1. The molecular formula is C21H19F3N2O2S. The largest absolute Gasteiger partial charge is 0.418 e. The van der Waals surface area contributed by atoms with Gasteiger partial charge in [0.25, 0.3) is 5.91 Å². The molecule has 3 rings (SSSR count). The molecule has 4 nitrogen and oxygen atoms in total. The maximum Gasteiger partial charge on any atom is 0.418 e. The van der Waals surface area contributed by atoms with Crippen LogP contribution < -0.4 is 5.32 Å². The minimum Gasteiger partial charge on any atom is -0.350 e. The molecule has 2 aromatic carbocycles. The average Bonchev–Trinajstić information content (AvgIpc) is 3.19. The van der Waals surface area contributed by atoms with E-state index in [0.29, 0.717) is 10.6 Å². The van der Waals surface area contributed by atoms with Gasteiger partial charge in [0.15, 0.2) is 0 Å². The van der Waals surface area contributed by atoms with Crippen LogP contribution >= 0.6 is 11.8 Å². The quantitative estimate of drug-likeness (QED) is 0.462. The number of alkyl halides is 3. The number of carbonyl (C=O) groups is 1. The molecule has 0 saturated heterocycles. The van der Waals surface area contributed by atoms with Gasteiger partial charge in [-0.1, -0.05) is 49.3 Å². The van der Waals surface area contributed by atoms with Crippen molar-refractivity contribution in [3.63, 3.8) is 0 Å². The highest BCUT2D eigenvalue weighted by atomic mass is 32.2. The lowest BCUT2D eigenvalue weighted by Gasteiger charge is -2.16. The Balaban J connectivity index is 1.83. The topological polar surface area (TPSA) is 55.1 Å². The highest BCUT2D eigenvalue weighted by molar-refractivity contribution is 7.99. The summed E-state index contributed by atoms with van der Waals surface area (Å²) in [5, 5.41) is 6.29. The zero-order chi connectivity index (χ0) is 21.0. The molecule has 8 heteroatoms. The summed E-state index contributed by atoms with van der Waals surface area (Å²) < 4.78 is 45.6. The van der Waals surface area contributed by atoms with E-state index < -0.39 is 17.6 Å². The number of anilines is 1. The highest BCUT2D eigenvalue weighted by Gasteiger charge is 2.34. The number of rotatable bonds is 6. The van der Waals surface area contributed by atoms with E-state index in [-0.39, 0.29) is 16.7 Å². The summed E-state index contributed by atoms with van der Waals surface area (Å²) in [7, 11) is 0. The second-order valence-electron chi connectivity index (χ2n) is 6.44. The van der Waals surface area contributed by atoms with Crippen LogP contribution in [-0.2, 0) is 6.18 Å². The van der Waals surface area contributed by atoms with Gasteiger partial charge in [0.05, 0.1) is 11.3 Å². The molecule has 29 heavy (non-hydrogen) atoms. The molecule has 0 fully saturated rings. The van der Waals surface area contributed by atoms with Crippen molar-refractivity contribution in [2.75, 3.05) is 5.32 Å². The molecule has 0 bridgehead atoms. The first kappa shape index (κ1) is 21.0. The molecule has 0 radical (unpaired) electrons. The molecule has 0 saturated carbocycles. The monoisotopic (exact) mass is 420 g/mol. The summed E-state index contributed by atoms with van der Waals surface area (Å²) in [5.74, 6) is -0.970. The Bertz CT molecular complexity index is 987. The van der Waals surface area contributed by atoms with E-state index in [1.165, 1.54) is 23.9 Å². The summed E-state index contributed by atoms with van der Waals surface area (Å²) in [5.41, 5.74) is -0.0691. The van der Waals surface area contributed by atoms with Crippen LogP contribution in [-0.4, -0.2) is 16.3 Å². The fourth-order valence-corrected chi connectivity index (χ4v) is 3.53. The third-order valence-electron chi connectivity index (χ3n) is 4.26. The Morgan fingerprint density at radius 3 is 2.55 bits per heavy atom. The van der Waals surface area contributed by atoms with Gasteiger partial charge in [-0.25, -0.2) is 0 Å². The highest BCUT2D eigenvalue weighted by Crippen LogP contribution is 2.38. The Morgan fingerprint density at radius 1 is 1.17 bits per heavy atom. The molecule has 0 aliphatic carbocycles. The predicted octanol–water partition coefficient (Wildman–Crippen LogP) is 6.50. The normalized spacial score (nSPS) is 12.6. The van der Waals surface area contributed by atoms with Crippen LogP contribution in [0.3, 0.4) is 0 Å². The Morgan fingerprint density at radius 2 is 1.90 bits per heavy atom. The second kappa shape index (κ2) is 8.73. The van der Waals surface area contributed by atoms with Gasteiger partial charge < -0.3 is 9.84 Å². The Hall–Kier alpha value is -2.74. The van der Waals surface area contributed by atoms with Gasteiger partial charge >= 0.3 is 6.18 Å². The second-order valence-corrected chi connectivity index (χ2v) is 7.95. The van der Waals surface area contributed by atoms with Crippen molar-refractivity contribution in [3.05, 3.63) is 65.9 Å². The van der Waals surface area contributed by atoms with Crippen molar-refractivity contribution in [3.8, 4) is 11.3 Å². The van der Waals surface area contributed by atoms with Crippen molar-refractivity contribution < 1.29 is 22.5 Å².